The largest absolute Gasteiger partial charge is 0.493 e. The van der Waals surface area contributed by atoms with Crippen molar-refractivity contribution < 1.29 is 13.9 Å². The van der Waals surface area contributed by atoms with E-state index in [-0.39, 0.29) is 5.39 Å². The van der Waals surface area contributed by atoms with Gasteiger partial charge < -0.3 is 24.3 Å². The lowest BCUT2D eigenvalue weighted by atomic mass is 9.89. The van der Waals surface area contributed by atoms with Gasteiger partial charge in [0.25, 0.3) is 11.1 Å². The first-order valence-electron chi connectivity index (χ1n) is 17.8. The average Bonchev–Trinajstić information content (AvgIpc) is 3.13. The Morgan fingerprint density at radius 3 is 2.28 bits per heavy atom. The van der Waals surface area contributed by atoms with Crippen LogP contribution in [0, 0.1) is 11.7 Å². The van der Waals surface area contributed by atoms with Crippen LogP contribution in [0.2, 0.25) is 0 Å². The van der Waals surface area contributed by atoms with E-state index < -0.39 is 22.6 Å². The van der Waals surface area contributed by atoms with E-state index in [0.717, 1.165) is 96.7 Å². The van der Waals surface area contributed by atoms with Gasteiger partial charge in [0.15, 0.2) is 0 Å². The van der Waals surface area contributed by atoms with Gasteiger partial charge in [0, 0.05) is 55.9 Å². The molecule has 3 aliphatic rings. The van der Waals surface area contributed by atoms with Crippen molar-refractivity contribution in [2.45, 2.75) is 55.4 Å². The molecule has 0 saturated carbocycles. The number of nitrogens with zero attached hydrogens (tertiary/aromatic N) is 4. The number of piperidine rings is 2. The molecular weight excluding hydrogens is 660 g/mol. The first-order valence-corrected chi connectivity index (χ1v) is 18.8. The highest BCUT2D eigenvalue weighted by atomic mass is 32.2. The van der Waals surface area contributed by atoms with Crippen molar-refractivity contribution in [3.8, 4) is 11.4 Å². The summed E-state index contributed by atoms with van der Waals surface area (Å²) in [6.45, 7) is 8.31. The average molecular weight is 705 g/mol. The number of thioether (sulfide) groups is 1. The second kappa shape index (κ2) is 16.1. The van der Waals surface area contributed by atoms with Crippen LogP contribution in [0.3, 0.4) is 0 Å². The molecule has 2 aromatic carbocycles. The molecule has 3 fully saturated rings. The monoisotopic (exact) mass is 704 g/mol. The predicted octanol–water partition coefficient (Wildman–Crippen LogP) is 4.28. The molecule has 0 atom stereocenters. The molecule has 3 aliphatic heterocycles. The highest BCUT2D eigenvalue weighted by molar-refractivity contribution is 7.99. The number of likely N-dealkylation sites (tertiary alicyclic amines) is 2. The molecule has 2 aromatic heterocycles. The number of ether oxygens (including phenoxy) is 2. The Morgan fingerprint density at radius 1 is 0.880 bits per heavy atom. The number of rotatable bonds is 11. The zero-order valence-electron chi connectivity index (χ0n) is 28.3. The standard InChI is InChI=1S/C37H45FN6O5S/c38-31-21-29(22-32-35(31)36(46)40-33(39-32)24-50-30-10-19-48-20-11-30)49-23-25-5-12-42(13-6-25)17-18-43-14-7-27(8-15-43)26-1-3-28(4-2-26)44-16-9-34(45)41-37(44)47/h1-4,9,16,21-22,25,27,30H,5-8,10-15,17-20,23-24H2,(H,39,40,46)(H,41,45,47). The summed E-state index contributed by atoms with van der Waals surface area (Å²) in [5.74, 6) is 1.84. The molecule has 5 heterocycles. The van der Waals surface area contributed by atoms with Crippen LogP contribution in [0.4, 0.5) is 4.39 Å². The number of H-pyrrole nitrogens is 2. The smallest absolute Gasteiger partial charge is 0.332 e. The Hall–Kier alpha value is -3.78. The maximum absolute atomic E-state index is 15.0. The van der Waals surface area contributed by atoms with Crippen LogP contribution in [0.5, 0.6) is 5.75 Å². The molecule has 11 nitrogen and oxygen atoms in total. The van der Waals surface area contributed by atoms with E-state index >= 15 is 0 Å². The molecule has 0 spiro atoms. The van der Waals surface area contributed by atoms with Gasteiger partial charge in [0.2, 0.25) is 0 Å². The number of hydrogen-bond donors (Lipinski definition) is 2. The number of aromatic nitrogens is 4. The third-order valence-corrected chi connectivity index (χ3v) is 11.8. The van der Waals surface area contributed by atoms with Crippen molar-refractivity contribution in [3.63, 3.8) is 0 Å². The van der Waals surface area contributed by atoms with Gasteiger partial charge in [-0.1, -0.05) is 12.1 Å². The molecule has 0 radical (unpaired) electrons. The van der Waals surface area contributed by atoms with Gasteiger partial charge in [-0.25, -0.2) is 14.2 Å². The highest BCUT2D eigenvalue weighted by Gasteiger charge is 2.24. The van der Waals surface area contributed by atoms with E-state index in [1.165, 1.54) is 28.5 Å². The Balaban J connectivity index is 0.833. The third kappa shape index (κ3) is 8.56. The van der Waals surface area contributed by atoms with Gasteiger partial charge in [0.05, 0.1) is 23.6 Å². The van der Waals surface area contributed by atoms with E-state index in [1.54, 1.807) is 17.8 Å². The van der Waals surface area contributed by atoms with Crippen LogP contribution in [0.25, 0.3) is 16.6 Å². The molecular formula is C37H45FN6O5S. The molecule has 266 valence electrons. The molecule has 7 rings (SSSR count). The van der Waals surface area contributed by atoms with E-state index in [1.807, 2.05) is 12.1 Å². The van der Waals surface area contributed by atoms with Gasteiger partial charge in [-0.3, -0.25) is 19.1 Å². The molecule has 50 heavy (non-hydrogen) atoms. The Labute approximate surface area is 294 Å². The predicted molar refractivity (Wildman–Crippen MR) is 193 cm³/mol. The molecule has 4 aromatic rings. The molecule has 0 amide bonds. The summed E-state index contributed by atoms with van der Waals surface area (Å²) in [5, 5.41) is 0.454. The number of nitrogens with one attached hydrogen (secondary N) is 2. The van der Waals surface area contributed by atoms with Crippen LogP contribution in [0.1, 0.15) is 55.8 Å². The van der Waals surface area contributed by atoms with Gasteiger partial charge in [-0.2, -0.15) is 11.8 Å². The summed E-state index contributed by atoms with van der Waals surface area (Å²) in [6, 6.07) is 12.4. The normalized spacial score (nSPS) is 18.9. The first-order chi connectivity index (χ1) is 24.4. The van der Waals surface area contributed by atoms with Crippen LogP contribution < -0.4 is 21.5 Å². The molecule has 13 heteroatoms. The van der Waals surface area contributed by atoms with E-state index in [4.69, 9.17) is 9.47 Å². The second-order valence-electron chi connectivity index (χ2n) is 13.7. The SMILES string of the molecule is O=c1ccn(-c2ccc(C3CCN(CCN4CCC(COc5cc(F)c6c(=O)[nH]c(CSC7CCOCC7)nc6c5)CC4)CC3)cc2)c(=O)[nH]1. The zero-order valence-corrected chi connectivity index (χ0v) is 29.1. The highest BCUT2D eigenvalue weighted by Crippen LogP contribution is 2.29. The van der Waals surface area contributed by atoms with Crippen LogP contribution >= 0.6 is 11.8 Å². The zero-order chi connectivity index (χ0) is 34.5. The summed E-state index contributed by atoms with van der Waals surface area (Å²) in [5.41, 5.74) is 1.08. The fraction of sp³-hybridized carbons (Fsp3) is 0.514. The lowest BCUT2D eigenvalue weighted by Gasteiger charge is -2.36. The molecule has 2 N–H and O–H groups in total. The Bertz CT molecular complexity index is 1930. The van der Waals surface area contributed by atoms with Crippen molar-refractivity contribution in [1.82, 2.24) is 29.3 Å². The van der Waals surface area contributed by atoms with E-state index in [9.17, 15) is 18.8 Å². The van der Waals surface area contributed by atoms with Crippen molar-refractivity contribution in [3.05, 3.63) is 97.1 Å². The fourth-order valence-electron chi connectivity index (χ4n) is 7.33. The maximum Gasteiger partial charge on any atom is 0.332 e. The van der Waals surface area contributed by atoms with Gasteiger partial charge >= 0.3 is 5.69 Å². The van der Waals surface area contributed by atoms with Gasteiger partial charge in [-0.05, 0) is 94.2 Å². The summed E-state index contributed by atoms with van der Waals surface area (Å²) >= 11 is 1.76. The van der Waals surface area contributed by atoms with Crippen LogP contribution in [-0.2, 0) is 10.5 Å². The lowest BCUT2D eigenvalue weighted by molar-refractivity contribution is 0.1000. The summed E-state index contributed by atoms with van der Waals surface area (Å²) in [4.78, 5) is 50.9. The molecule has 0 unspecified atom stereocenters. The molecule has 0 bridgehead atoms. The van der Waals surface area contributed by atoms with Crippen molar-refractivity contribution in [1.29, 1.82) is 0 Å². The minimum atomic E-state index is -0.604. The summed E-state index contributed by atoms with van der Waals surface area (Å²) in [6.07, 6.45) is 7.75. The van der Waals surface area contributed by atoms with Gasteiger partial charge in [0.1, 0.15) is 22.8 Å². The van der Waals surface area contributed by atoms with Crippen molar-refractivity contribution in [2.24, 2.45) is 5.92 Å². The number of hydrogen-bond acceptors (Lipinski definition) is 9. The minimum Gasteiger partial charge on any atom is -0.493 e. The number of fused-ring (bicyclic) bond motifs is 1. The quantitative estimate of drug-likeness (QED) is 0.235. The van der Waals surface area contributed by atoms with Gasteiger partial charge in [-0.15, -0.1) is 0 Å². The van der Waals surface area contributed by atoms with Crippen molar-refractivity contribution in [2.75, 3.05) is 59.1 Å². The number of benzene rings is 2. The minimum absolute atomic E-state index is 0.0216. The topological polar surface area (TPSA) is 126 Å². The Kier molecular flexibility index (Phi) is 11.1. The summed E-state index contributed by atoms with van der Waals surface area (Å²) < 4.78 is 27.9. The number of halogens is 1. The number of aromatic amines is 2. The molecule has 0 aliphatic carbocycles. The second-order valence-corrected chi connectivity index (χ2v) is 15.0. The third-order valence-electron chi connectivity index (χ3n) is 10.4. The summed E-state index contributed by atoms with van der Waals surface area (Å²) in [7, 11) is 0. The lowest BCUT2D eigenvalue weighted by Crippen LogP contribution is -2.42. The Morgan fingerprint density at radius 2 is 1.58 bits per heavy atom. The van der Waals surface area contributed by atoms with E-state index in [2.05, 4.69) is 36.9 Å². The maximum atomic E-state index is 15.0. The van der Waals surface area contributed by atoms with Crippen molar-refractivity contribution >= 4 is 22.7 Å². The van der Waals surface area contributed by atoms with Crippen LogP contribution in [-0.4, -0.2) is 93.7 Å². The van der Waals surface area contributed by atoms with Crippen LogP contribution in [0.15, 0.2) is 63.0 Å². The molecule has 3 saturated heterocycles. The fourth-order valence-corrected chi connectivity index (χ4v) is 8.39. The first kappa shape index (κ1) is 34.7. The van der Waals surface area contributed by atoms with E-state index in [0.29, 0.717) is 46.5 Å².